The highest BCUT2D eigenvalue weighted by atomic mass is 16.5. The molecule has 0 aliphatic carbocycles. The Bertz CT molecular complexity index is 577. The second-order valence-electron chi connectivity index (χ2n) is 4.44. The minimum absolute atomic E-state index is 0.128. The molecule has 0 spiro atoms. The highest BCUT2D eigenvalue weighted by molar-refractivity contribution is 5.90. The fraction of sp³-hybridized carbons (Fsp3) is 0.357. The molecule has 1 aromatic heterocycles. The van der Waals surface area contributed by atoms with E-state index in [2.05, 4.69) is 20.5 Å². The van der Waals surface area contributed by atoms with Crippen molar-refractivity contribution < 1.29 is 9.53 Å². The van der Waals surface area contributed by atoms with Crippen LogP contribution in [-0.4, -0.2) is 27.7 Å². The van der Waals surface area contributed by atoms with Gasteiger partial charge in [-0.05, 0) is 38.5 Å². The molecule has 6 heteroatoms. The zero-order chi connectivity index (χ0) is 14.5. The first kappa shape index (κ1) is 14.0. The van der Waals surface area contributed by atoms with Gasteiger partial charge in [0, 0.05) is 0 Å². The van der Waals surface area contributed by atoms with Crippen molar-refractivity contribution in [3.63, 3.8) is 0 Å². The minimum atomic E-state index is -0.296. The Morgan fingerprint density at radius 3 is 2.65 bits per heavy atom. The molecule has 0 aliphatic rings. The summed E-state index contributed by atoms with van der Waals surface area (Å²) in [5.41, 5.74) is 0.995. The zero-order valence-electron chi connectivity index (χ0n) is 11.8. The maximum Gasteiger partial charge on any atom is 0.291 e. The number of hydrogen-bond acceptors (Lipinski definition) is 4. The van der Waals surface area contributed by atoms with E-state index in [9.17, 15) is 4.79 Å². The SMILES string of the molecule is CCOc1ccc(C(C)NC(=O)c2n[nH]c(C)n2)cc1. The molecule has 6 nitrogen and oxygen atoms in total. The number of hydrogen-bond donors (Lipinski definition) is 2. The Morgan fingerprint density at radius 1 is 1.40 bits per heavy atom. The maximum absolute atomic E-state index is 11.9. The summed E-state index contributed by atoms with van der Waals surface area (Å²) in [5.74, 6) is 1.29. The summed E-state index contributed by atoms with van der Waals surface area (Å²) in [4.78, 5) is 15.9. The van der Waals surface area contributed by atoms with Gasteiger partial charge in [-0.25, -0.2) is 4.98 Å². The van der Waals surface area contributed by atoms with Crippen LogP contribution in [0.1, 0.15) is 41.9 Å². The molecule has 2 N–H and O–H groups in total. The average Bonchev–Trinajstić information content (AvgIpc) is 2.86. The molecule has 0 saturated heterocycles. The second-order valence-corrected chi connectivity index (χ2v) is 4.44. The minimum Gasteiger partial charge on any atom is -0.494 e. The normalized spacial score (nSPS) is 11.9. The molecule has 20 heavy (non-hydrogen) atoms. The van der Waals surface area contributed by atoms with Crippen LogP contribution in [0.3, 0.4) is 0 Å². The van der Waals surface area contributed by atoms with Crippen LogP contribution >= 0.6 is 0 Å². The summed E-state index contributed by atoms with van der Waals surface area (Å²) >= 11 is 0. The van der Waals surface area contributed by atoms with Crippen molar-refractivity contribution >= 4 is 5.91 Å². The number of nitrogens with one attached hydrogen (secondary N) is 2. The standard InChI is InChI=1S/C14H18N4O2/c1-4-20-12-7-5-11(6-8-12)9(2)15-14(19)13-16-10(3)17-18-13/h5-9H,4H2,1-3H3,(H,15,19)(H,16,17,18). The number of amides is 1. The third-order valence-electron chi connectivity index (χ3n) is 2.84. The predicted molar refractivity (Wildman–Crippen MR) is 74.6 cm³/mol. The van der Waals surface area contributed by atoms with E-state index in [1.54, 1.807) is 6.92 Å². The van der Waals surface area contributed by atoms with Crippen LogP contribution in [0.5, 0.6) is 5.75 Å². The molecule has 2 rings (SSSR count). The molecule has 1 heterocycles. The first-order chi connectivity index (χ1) is 9.60. The molecule has 1 unspecified atom stereocenters. The summed E-state index contributed by atoms with van der Waals surface area (Å²) in [6.45, 7) is 6.23. The second kappa shape index (κ2) is 6.18. The van der Waals surface area contributed by atoms with Crippen LogP contribution in [0.2, 0.25) is 0 Å². The van der Waals surface area contributed by atoms with Gasteiger partial charge in [-0.15, -0.1) is 5.10 Å². The van der Waals surface area contributed by atoms with Crippen molar-refractivity contribution in [1.82, 2.24) is 20.5 Å². The van der Waals surface area contributed by atoms with Crippen molar-refractivity contribution in [2.45, 2.75) is 26.8 Å². The molecule has 0 radical (unpaired) electrons. The Balaban J connectivity index is 2.00. The van der Waals surface area contributed by atoms with Gasteiger partial charge in [0.2, 0.25) is 5.82 Å². The van der Waals surface area contributed by atoms with Gasteiger partial charge in [0.15, 0.2) is 0 Å². The summed E-state index contributed by atoms with van der Waals surface area (Å²) in [6, 6.07) is 7.51. The molecule has 106 valence electrons. The van der Waals surface area contributed by atoms with E-state index in [-0.39, 0.29) is 17.8 Å². The lowest BCUT2D eigenvalue weighted by Crippen LogP contribution is -2.27. The van der Waals surface area contributed by atoms with Gasteiger partial charge in [0.25, 0.3) is 5.91 Å². The summed E-state index contributed by atoms with van der Waals surface area (Å²) in [6.07, 6.45) is 0. The highest BCUT2D eigenvalue weighted by Gasteiger charge is 2.15. The van der Waals surface area contributed by atoms with Gasteiger partial charge in [-0.3, -0.25) is 9.89 Å². The van der Waals surface area contributed by atoms with E-state index in [4.69, 9.17) is 4.74 Å². The van der Waals surface area contributed by atoms with Gasteiger partial charge >= 0.3 is 0 Å². The predicted octanol–water partition coefficient (Wildman–Crippen LogP) is 2.00. The number of carbonyl (C=O) groups excluding carboxylic acids is 1. The van der Waals surface area contributed by atoms with Crippen LogP contribution in [-0.2, 0) is 0 Å². The van der Waals surface area contributed by atoms with Crippen molar-refractivity contribution in [2.24, 2.45) is 0 Å². The number of benzene rings is 1. The molecule has 0 bridgehead atoms. The zero-order valence-corrected chi connectivity index (χ0v) is 11.8. The Hall–Kier alpha value is -2.37. The molecule has 2 aromatic rings. The van der Waals surface area contributed by atoms with Gasteiger partial charge in [-0.2, -0.15) is 0 Å². The summed E-state index contributed by atoms with van der Waals surface area (Å²) < 4.78 is 5.38. The van der Waals surface area contributed by atoms with Crippen molar-refractivity contribution in [3.05, 3.63) is 41.5 Å². The lowest BCUT2D eigenvalue weighted by Gasteiger charge is -2.13. The van der Waals surface area contributed by atoms with Crippen LogP contribution in [0, 0.1) is 6.92 Å². The Labute approximate surface area is 117 Å². The average molecular weight is 274 g/mol. The van der Waals surface area contributed by atoms with E-state index in [1.165, 1.54) is 0 Å². The van der Waals surface area contributed by atoms with E-state index < -0.39 is 0 Å². The molecule has 1 aromatic carbocycles. The summed E-state index contributed by atoms with van der Waals surface area (Å²) in [7, 11) is 0. The van der Waals surface area contributed by atoms with E-state index in [1.807, 2.05) is 38.1 Å². The fourth-order valence-corrected chi connectivity index (χ4v) is 1.81. The lowest BCUT2D eigenvalue weighted by atomic mass is 10.1. The van der Waals surface area contributed by atoms with Crippen LogP contribution in [0.4, 0.5) is 0 Å². The van der Waals surface area contributed by atoms with E-state index in [0.29, 0.717) is 12.4 Å². The molecular weight excluding hydrogens is 256 g/mol. The van der Waals surface area contributed by atoms with Gasteiger partial charge in [-0.1, -0.05) is 12.1 Å². The molecule has 0 aliphatic heterocycles. The van der Waals surface area contributed by atoms with Gasteiger partial charge < -0.3 is 10.1 Å². The van der Waals surface area contributed by atoms with Gasteiger partial charge in [0.1, 0.15) is 11.6 Å². The van der Waals surface area contributed by atoms with Crippen molar-refractivity contribution in [2.75, 3.05) is 6.61 Å². The molecule has 1 atom stereocenters. The number of aromatic nitrogens is 3. The van der Waals surface area contributed by atoms with Crippen LogP contribution in [0.15, 0.2) is 24.3 Å². The van der Waals surface area contributed by atoms with Gasteiger partial charge in [0.05, 0.1) is 12.6 Å². The van der Waals surface area contributed by atoms with Crippen LogP contribution < -0.4 is 10.1 Å². The number of aromatic amines is 1. The number of carbonyl (C=O) groups is 1. The number of rotatable bonds is 5. The third-order valence-corrected chi connectivity index (χ3v) is 2.84. The lowest BCUT2D eigenvalue weighted by molar-refractivity contribution is 0.0929. The fourth-order valence-electron chi connectivity index (χ4n) is 1.81. The Morgan fingerprint density at radius 2 is 2.10 bits per heavy atom. The van der Waals surface area contributed by atoms with E-state index in [0.717, 1.165) is 11.3 Å². The molecular formula is C14H18N4O2. The quantitative estimate of drug-likeness (QED) is 0.874. The monoisotopic (exact) mass is 274 g/mol. The summed E-state index contributed by atoms with van der Waals surface area (Å²) in [5, 5.41) is 9.33. The largest absolute Gasteiger partial charge is 0.494 e. The Kier molecular flexibility index (Phi) is 4.34. The van der Waals surface area contributed by atoms with Crippen molar-refractivity contribution in [3.8, 4) is 5.75 Å². The number of aryl methyl sites for hydroxylation is 1. The maximum atomic E-state index is 11.9. The number of ether oxygens (including phenoxy) is 1. The van der Waals surface area contributed by atoms with Crippen molar-refractivity contribution in [1.29, 1.82) is 0 Å². The highest BCUT2D eigenvalue weighted by Crippen LogP contribution is 2.17. The number of nitrogens with zero attached hydrogens (tertiary/aromatic N) is 2. The smallest absolute Gasteiger partial charge is 0.291 e. The number of H-pyrrole nitrogens is 1. The van der Waals surface area contributed by atoms with E-state index >= 15 is 0 Å². The molecule has 0 saturated carbocycles. The molecule has 1 amide bonds. The molecule has 0 fully saturated rings. The van der Waals surface area contributed by atoms with Crippen LogP contribution in [0.25, 0.3) is 0 Å². The first-order valence-corrected chi connectivity index (χ1v) is 6.52. The third kappa shape index (κ3) is 3.34. The topological polar surface area (TPSA) is 79.9 Å². The first-order valence-electron chi connectivity index (χ1n) is 6.52.